The van der Waals surface area contributed by atoms with Crippen LogP contribution in [0.1, 0.15) is 6.42 Å². The maximum atomic E-state index is 5.88. The molecule has 0 spiro atoms. The average molecular weight is 384 g/mol. The Morgan fingerprint density at radius 3 is 2.60 bits per heavy atom. The van der Waals surface area contributed by atoms with Gasteiger partial charge in [-0.2, -0.15) is 0 Å². The maximum absolute atomic E-state index is 5.88. The minimum atomic E-state index is 0.573. The molecule has 25 heavy (non-hydrogen) atoms. The van der Waals surface area contributed by atoms with Gasteiger partial charge in [0.1, 0.15) is 0 Å². The van der Waals surface area contributed by atoms with Crippen molar-refractivity contribution in [3.05, 3.63) is 29.8 Å². The number of aromatic nitrogens is 3. The molecule has 0 unspecified atom stereocenters. The summed E-state index contributed by atoms with van der Waals surface area (Å²) in [5.74, 6) is 2.66. The van der Waals surface area contributed by atoms with Crippen molar-refractivity contribution in [1.82, 2.24) is 14.8 Å². The molecular weight excluding hydrogens is 362 g/mol. The number of ether oxygens (including phenoxy) is 3. The molecule has 0 aliphatic rings. The molecule has 0 bridgehead atoms. The Balaban J connectivity index is 2.36. The normalized spacial score (nSPS) is 10.7. The van der Waals surface area contributed by atoms with Gasteiger partial charge in [-0.3, -0.25) is 0 Å². The first kappa shape index (κ1) is 19.6. The molecule has 0 radical (unpaired) electrons. The summed E-state index contributed by atoms with van der Waals surface area (Å²) in [4.78, 5) is 0. The number of benzene rings is 1. The largest absolute Gasteiger partial charge is 0.493 e. The molecule has 1 aromatic heterocycles. The van der Waals surface area contributed by atoms with Crippen molar-refractivity contribution in [2.24, 2.45) is 0 Å². The standard InChI is InChI=1S/C17H22ClN3O3S/c1-12(18)11-25-17-20-19-16(21(17)8-5-9-22-2)13-6-7-14(23-3)15(10-13)24-4/h6-7,10H,1,5,8-9,11H2,2-4H3. The third kappa shape index (κ3) is 5.14. The van der Waals surface area contributed by atoms with Crippen LogP contribution in [0.15, 0.2) is 35.0 Å². The number of rotatable bonds is 10. The molecule has 0 aliphatic carbocycles. The summed E-state index contributed by atoms with van der Waals surface area (Å²) in [6.07, 6.45) is 0.851. The zero-order chi connectivity index (χ0) is 18.2. The van der Waals surface area contributed by atoms with Crippen molar-refractivity contribution in [3.63, 3.8) is 0 Å². The van der Waals surface area contributed by atoms with Crippen molar-refractivity contribution >= 4 is 23.4 Å². The lowest BCUT2D eigenvalue weighted by Gasteiger charge is -2.12. The lowest BCUT2D eigenvalue weighted by atomic mass is 10.2. The van der Waals surface area contributed by atoms with E-state index >= 15 is 0 Å². The fourth-order valence-corrected chi connectivity index (χ4v) is 3.18. The second kappa shape index (κ2) is 9.70. The van der Waals surface area contributed by atoms with Crippen molar-refractivity contribution in [2.45, 2.75) is 18.1 Å². The number of nitrogens with zero attached hydrogens (tertiary/aromatic N) is 3. The van der Waals surface area contributed by atoms with E-state index < -0.39 is 0 Å². The van der Waals surface area contributed by atoms with Gasteiger partial charge in [-0.15, -0.1) is 10.2 Å². The van der Waals surface area contributed by atoms with Crippen molar-refractivity contribution < 1.29 is 14.2 Å². The predicted octanol–water partition coefficient (Wildman–Crippen LogP) is 3.84. The van der Waals surface area contributed by atoms with Gasteiger partial charge in [0.25, 0.3) is 0 Å². The van der Waals surface area contributed by atoms with Crippen LogP contribution in [0.25, 0.3) is 11.4 Å². The van der Waals surface area contributed by atoms with Gasteiger partial charge in [-0.1, -0.05) is 29.9 Å². The van der Waals surface area contributed by atoms with E-state index in [1.54, 1.807) is 21.3 Å². The number of halogens is 1. The molecular formula is C17H22ClN3O3S. The highest BCUT2D eigenvalue weighted by atomic mass is 35.5. The van der Waals surface area contributed by atoms with E-state index in [1.807, 2.05) is 18.2 Å². The third-order valence-electron chi connectivity index (χ3n) is 3.45. The lowest BCUT2D eigenvalue weighted by Crippen LogP contribution is -2.05. The molecule has 0 aliphatic heterocycles. The highest BCUT2D eigenvalue weighted by molar-refractivity contribution is 7.99. The van der Waals surface area contributed by atoms with Crippen molar-refractivity contribution in [3.8, 4) is 22.9 Å². The van der Waals surface area contributed by atoms with E-state index in [0.29, 0.717) is 28.9 Å². The smallest absolute Gasteiger partial charge is 0.191 e. The molecule has 1 aromatic carbocycles. The zero-order valence-electron chi connectivity index (χ0n) is 14.6. The number of methoxy groups -OCH3 is 3. The second-order valence-electron chi connectivity index (χ2n) is 5.18. The molecule has 2 rings (SSSR count). The van der Waals surface area contributed by atoms with Gasteiger partial charge >= 0.3 is 0 Å². The molecule has 0 fully saturated rings. The van der Waals surface area contributed by atoms with Gasteiger partial charge in [-0.25, -0.2) is 0 Å². The third-order valence-corrected chi connectivity index (χ3v) is 4.79. The highest BCUT2D eigenvalue weighted by Gasteiger charge is 2.16. The summed E-state index contributed by atoms with van der Waals surface area (Å²) in [5, 5.41) is 10.0. The SMILES string of the molecule is C=C(Cl)CSc1nnc(-c2ccc(OC)c(OC)c2)n1CCCOC. The molecule has 0 amide bonds. The van der Waals surface area contributed by atoms with E-state index in [4.69, 9.17) is 25.8 Å². The number of hydrogen-bond acceptors (Lipinski definition) is 6. The molecule has 8 heteroatoms. The molecule has 136 valence electrons. The summed E-state index contributed by atoms with van der Waals surface area (Å²) in [6, 6.07) is 5.69. The van der Waals surface area contributed by atoms with Crippen LogP contribution in [0.4, 0.5) is 0 Å². The van der Waals surface area contributed by atoms with E-state index in [0.717, 1.165) is 29.5 Å². The first-order chi connectivity index (χ1) is 12.1. The van der Waals surface area contributed by atoms with Crippen molar-refractivity contribution in [2.75, 3.05) is 33.7 Å². The Morgan fingerprint density at radius 1 is 1.20 bits per heavy atom. The Kier molecular flexibility index (Phi) is 7.61. The van der Waals surface area contributed by atoms with Crippen LogP contribution in [0.2, 0.25) is 0 Å². The highest BCUT2D eigenvalue weighted by Crippen LogP contribution is 2.33. The van der Waals surface area contributed by atoms with E-state index in [1.165, 1.54) is 11.8 Å². The second-order valence-corrected chi connectivity index (χ2v) is 6.66. The minimum absolute atomic E-state index is 0.573. The summed E-state index contributed by atoms with van der Waals surface area (Å²) in [5.41, 5.74) is 0.902. The molecule has 0 saturated heterocycles. The van der Waals surface area contributed by atoms with Crippen LogP contribution in [0.5, 0.6) is 11.5 Å². The molecule has 0 N–H and O–H groups in total. The van der Waals surface area contributed by atoms with E-state index in [2.05, 4.69) is 21.3 Å². The minimum Gasteiger partial charge on any atom is -0.493 e. The molecule has 6 nitrogen and oxygen atoms in total. The van der Waals surface area contributed by atoms with Gasteiger partial charge < -0.3 is 18.8 Å². The maximum Gasteiger partial charge on any atom is 0.191 e. The van der Waals surface area contributed by atoms with Crippen LogP contribution in [0, 0.1) is 0 Å². The quantitative estimate of drug-likeness (QED) is 0.459. The lowest BCUT2D eigenvalue weighted by molar-refractivity contribution is 0.189. The molecule has 2 aromatic rings. The summed E-state index contributed by atoms with van der Waals surface area (Å²) >= 11 is 7.39. The Bertz CT molecular complexity index is 721. The van der Waals surface area contributed by atoms with Gasteiger partial charge in [-0.05, 0) is 24.6 Å². The number of hydrogen-bond donors (Lipinski definition) is 0. The van der Waals surface area contributed by atoms with E-state index in [-0.39, 0.29) is 0 Å². The first-order valence-corrected chi connectivity index (χ1v) is 9.07. The Hall–Kier alpha value is -1.70. The predicted molar refractivity (Wildman–Crippen MR) is 101 cm³/mol. The number of thioether (sulfide) groups is 1. The summed E-state index contributed by atoms with van der Waals surface area (Å²) in [7, 11) is 4.91. The zero-order valence-corrected chi connectivity index (χ0v) is 16.2. The van der Waals surface area contributed by atoms with Gasteiger partial charge in [0.05, 0.1) is 14.2 Å². The monoisotopic (exact) mass is 383 g/mol. The Morgan fingerprint density at radius 2 is 1.96 bits per heavy atom. The van der Waals surface area contributed by atoms with Gasteiger partial charge in [0.15, 0.2) is 22.5 Å². The molecule has 1 heterocycles. The topological polar surface area (TPSA) is 58.4 Å². The average Bonchev–Trinajstić information content (AvgIpc) is 3.02. The van der Waals surface area contributed by atoms with Gasteiger partial charge in [0, 0.05) is 36.6 Å². The van der Waals surface area contributed by atoms with Crippen LogP contribution < -0.4 is 9.47 Å². The molecule has 0 saturated carbocycles. The first-order valence-electron chi connectivity index (χ1n) is 7.71. The van der Waals surface area contributed by atoms with Crippen molar-refractivity contribution in [1.29, 1.82) is 0 Å². The molecule has 0 atom stereocenters. The fraction of sp³-hybridized carbons (Fsp3) is 0.412. The van der Waals surface area contributed by atoms with E-state index in [9.17, 15) is 0 Å². The van der Waals surface area contributed by atoms with Gasteiger partial charge in [0.2, 0.25) is 0 Å². The fourth-order valence-electron chi connectivity index (χ4n) is 2.30. The van der Waals surface area contributed by atoms with Crippen LogP contribution in [-0.2, 0) is 11.3 Å². The van der Waals surface area contributed by atoms with Crippen LogP contribution in [-0.4, -0.2) is 48.5 Å². The Labute approximate surface area is 157 Å². The summed E-state index contributed by atoms with van der Waals surface area (Å²) < 4.78 is 17.9. The summed E-state index contributed by atoms with van der Waals surface area (Å²) in [6.45, 7) is 5.12. The van der Waals surface area contributed by atoms with Crippen LogP contribution in [0.3, 0.4) is 0 Å². The van der Waals surface area contributed by atoms with Crippen LogP contribution >= 0.6 is 23.4 Å².